The van der Waals surface area contributed by atoms with Crippen molar-refractivity contribution in [3.63, 3.8) is 0 Å². The van der Waals surface area contributed by atoms with Gasteiger partial charge in [0.2, 0.25) is 0 Å². The minimum absolute atomic E-state index is 0.280. The number of nitrogens with two attached hydrogens (primary N) is 1. The van der Waals surface area contributed by atoms with Gasteiger partial charge < -0.3 is 10.5 Å². The molecule has 2 fully saturated rings. The largest absolute Gasteiger partial charge is 0.376 e. The van der Waals surface area contributed by atoms with Gasteiger partial charge in [-0.05, 0) is 19.1 Å². The van der Waals surface area contributed by atoms with Crippen LogP contribution in [0.15, 0.2) is 0 Å². The Morgan fingerprint density at radius 3 is 3.07 bits per heavy atom. The Hall–Kier alpha value is 0.230. The first-order chi connectivity index (χ1) is 6.77. The quantitative estimate of drug-likeness (QED) is 0.731. The molecule has 3 nitrogen and oxygen atoms in total. The van der Waals surface area contributed by atoms with Gasteiger partial charge in [-0.2, -0.15) is 11.8 Å². The molecule has 2 rings (SSSR count). The van der Waals surface area contributed by atoms with Gasteiger partial charge in [-0.25, -0.2) is 0 Å². The summed E-state index contributed by atoms with van der Waals surface area (Å²) in [5, 5.41) is 0. The second kappa shape index (κ2) is 4.39. The van der Waals surface area contributed by atoms with E-state index in [0.29, 0.717) is 6.10 Å². The summed E-state index contributed by atoms with van der Waals surface area (Å²) >= 11 is 2.04. The van der Waals surface area contributed by atoms with Crippen LogP contribution in [0.2, 0.25) is 0 Å². The van der Waals surface area contributed by atoms with Gasteiger partial charge in [-0.1, -0.05) is 0 Å². The zero-order valence-electron chi connectivity index (χ0n) is 8.87. The molecule has 0 spiro atoms. The molecule has 2 N–H and O–H groups in total. The normalized spacial score (nSPS) is 40.3. The summed E-state index contributed by atoms with van der Waals surface area (Å²) in [4.78, 5) is 2.56. The maximum absolute atomic E-state index is 5.95. The van der Waals surface area contributed by atoms with E-state index >= 15 is 0 Å². The average Bonchev–Trinajstić information content (AvgIpc) is 2.67. The van der Waals surface area contributed by atoms with Crippen molar-refractivity contribution in [2.75, 3.05) is 37.7 Å². The summed E-state index contributed by atoms with van der Waals surface area (Å²) in [7, 11) is 0. The molecular weight excluding hydrogens is 196 g/mol. The van der Waals surface area contributed by atoms with Crippen molar-refractivity contribution < 1.29 is 4.74 Å². The molecule has 0 saturated carbocycles. The molecule has 14 heavy (non-hydrogen) atoms. The van der Waals surface area contributed by atoms with Gasteiger partial charge in [0, 0.05) is 30.9 Å². The number of rotatable bonds is 2. The summed E-state index contributed by atoms with van der Waals surface area (Å²) in [5.74, 6) is 2.47. The number of ether oxygens (including phenoxy) is 1. The van der Waals surface area contributed by atoms with Crippen LogP contribution in [0.1, 0.15) is 13.3 Å². The standard InChI is InChI=1S/C10H20N2OS/c1-9-6-12(3-4-13-9)10(7-11)2-5-14-8-10/h9H,2-8,11H2,1H3. The van der Waals surface area contributed by atoms with Crippen LogP contribution in [0.25, 0.3) is 0 Å². The van der Waals surface area contributed by atoms with E-state index in [1.165, 1.54) is 17.9 Å². The Kier molecular flexibility index (Phi) is 3.37. The summed E-state index contributed by atoms with van der Waals surface area (Å²) in [5.41, 5.74) is 6.23. The van der Waals surface area contributed by atoms with Crippen molar-refractivity contribution >= 4 is 11.8 Å². The maximum atomic E-state index is 5.95. The van der Waals surface area contributed by atoms with Crippen molar-refractivity contribution in [1.29, 1.82) is 0 Å². The first-order valence-corrected chi connectivity index (χ1v) is 6.57. The van der Waals surface area contributed by atoms with Crippen LogP contribution in [-0.2, 0) is 4.74 Å². The second-order valence-corrected chi connectivity index (χ2v) is 5.46. The molecule has 0 aliphatic carbocycles. The zero-order valence-corrected chi connectivity index (χ0v) is 9.68. The summed E-state index contributed by atoms with van der Waals surface area (Å²) in [6.07, 6.45) is 1.62. The molecule has 2 heterocycles. The van der Waals surface area contributed by atoms with Crippen LogP contribution in [0.3, 0.4) is 0 Å². The van der Waals surface area contributed by atoms with Gasteiger partial charge >= 0.3 is 0 Å². The van der Waals surface area contributed by atoms with E-state index < -0.39 is 0 Å². The number of hydrogen-bond acceptors (Lipinski definition) is 4. The Morgan fingerprint density at radius 1 is 1.64 bits per heavy atom. The molecule has 0 radical (unpaired) electrons. The van der Waals surface area contributed by atoms with Crippen molar-refractivity contribution in [3.05, 3.63) is 0 Å². The van der Waals surface area contributed by atoms with E-state index in [2.05, 4.69) is 11.8 Å². The highest BCUT2D eigenvalue weighted by Crippen LogP contribution is 2.33. The van der Waals surface area contributed by atoms with Crippen LogP contribution >= 0.6 is 11.8 Å². The molecule has 0 amide bonds. The minimum atomic E-state index is 0.280. The number of nitrogens with zero attached hydrogens (tertiary/aromatic N) is 1. The number of hydrogen-bond donors (Lipinski definition) is 1. The summed E-state index contributed by atoms with van der Waals surface area (Å²) < 4.78 is 5.57. The van der Waals surface area contributed by atoms with Crippen LogP contribution in [0, 0.1) is 0 Å². The second-order valence-electron chi connectivity index (χ2n) is 4.36. The highest BCUT2D eigenvalue weighted by molar-refractivity contribution is 7.99. The molecule has 2 saturated heterocycles. The lowest BCUT2D eigenvalue weighted by Gasteiger charge is -2.44. The van der Waals surface area contributed by atoms with Gasteiger partial charge in [0.15, 0.2) is 0 Å². The minimum Gasteiger partial charge on any atom is -0.376 e. The molecule has 2 atom stereocenters. The predicted molar refractivity (Wildman–Crippen MR) is 60.7 cm³/mol. The third-order valence-electron chi connectivity index (χ3n) is 3.37. The van der Waals surface area contributed by atoms with Crippen molar-refractivity contribution in [1.82, 2.24) is 4.90 Å². The number of morpholine rings is 1. The van der Waals surface area contributed by atoms with Crippen molar-refractivity contribution in [3.8, 4) is 0 Å². The lowest BCUT2D eigenvalue weighted by molar-refractivity contribution is -0.0541. The molecule has 0 aromatic carbocycles. The average molecular weight is 216 g/mol. The monoisotopic (exact) mass is 216 g/mol. The Labute approximate surface area is 90.3 Å². The predicted octanol–water partition coefficient (Wildman–Crippen LogP) is 0.542. The van der Waals surface area contributed by atoms with E-state index in [1.807, 2.05) is 11.8 Å². The number of thioether (sulfide) groups is 1. The first kappa shape index (κ1) is 10.7. The Balaban J connectivity index is 2.03. The van der Waals surface area contributed by atoms with Gasteiger partial charge in [0.1, 0.15) is 0 Å². The SMILES string of the molecule is CC1CN(C2(CN)CCSC2)CCO1. The third kappa shape index (κ3) is 1.94. The molecule has 82 valence electrons. The molecule has 2 aliphatic rings. The molecular formula is C10H20N2OS. The van der Waals surface area contributed by atoms with Crippen LogP contribution < -0.4 is 5.73 Å². The zero-order chi connectivity index (χ0) is 10.0. The fraction of sp³-hybridized carbons (Fsp3) is 1.00. The van der Waals surface area contributed by atoms with Crippen LogP contribution in [-0.4, -0.2) is 54.3 Å². The molecule has 0 bridgehead atoms. The third-order valence-corrected chi connectivity index (χ3v) is 4.61. The summed E-state index contributed by atoms with van der Waals surface area (Å²) in [6.45, 7) is 5.93. The molecule has 2 unspecified atom stereocenters. The van der Waals surface area contributed by atoms with Gasteiger partial charge in [-0.3, -0.25) is 4.90 Å². The van der Waals surface area contributed by atoms with Crippen molar-refractivity contribution in [2.45, 2.75) is 25.0 Å². The molecule has 2 aliphatic heterocycles. The highest BCUT2D eigenvalue weighted by atomic mass is 32.2. The Morgan fingerprint density at radius 2 is 2.50 bits per heavy atom. The van der Waals surface area contributed by atoms with Crippen LogP contribution in [0.4, 0.5) is 0 Å². The highest BCUT2D eigenvalue weighted by Gasteiger charge is 2.40. The van der Waals surface area contributed by atoms with Crippen molar-refractivity contribution in [2.24, 2.45) is 5.73 Å². The lowest BCUT2D eigenvalue weighted by atomic mass is 9.95. The smallest absolute Gasteiger partial charge is 0.0674 e. The van der Waals surface area contributed by atoms with Gasteiger partial charge in [0.25, 0.3) is 0 Å². The molecule has 0 aromatic heterocycles. The summed E-state index contributed by atoms with van der Waals surface area (Å²) in [6, 6.07) is 0. The fourth-order valence-corrected chi connectivity index (χ4v) is 3.88. The van der Waals surface area contributed by atoms with E-state index in [-0.39, 0.29) is 5.54 Å². The van der Waals surface area contributed by atoms with Gasteiger partial charge in [-0.15, -0.1) is 0 Å². The Bertz CT molecular complexity index is 195. The lowest BCUT2D eigenvalue weighted by Crippen LogP contribution is -2.59. The van der Waals surface area contributed by atoms with E-state index in [0.717, 1.165) is 26.2 Å². The first-order valence-electron chi connectivity index (χ1n) is 5.41. The maximum Gasteiger partial charge on any atom is 0.0674 e. The molecule has 0 aromatic rings. The van der Waals surface area contributed by atoms with E-state index in [9.17, 15) is 0 Å². The van der Waals surface area contributed by atoms with E-state index in [1.54, 1.807) is 0 Å². The topological polar surface area (TPSA) is 38.5 Å². The van der Waals surface area contributed by atoms with E-state index in [4.69, 9.17) is 10.5 Å². The van der Waals surface area contributed by atoms with Crippen LogP contribution in [0.5, 0.6) is 0 Å². The van der Waals surface area contributed by atoms with Gasteiger partial charge in [0.05, 0.1) is 12.7 Å². The molecule has 4 heteroatoms. The fourth-order valence-electron chi connectivity index (χ4n) is 2.39.